The molecule has 1 fully saturated rings. The molecule has 2 aromatic rings. The van der Waals surface area contributed by atoms with E-state index in [0.29, 0.717) is 12.8 Å². The molecule has 0 radical (unpaired) electrons. The Morgan fingerprint density at radius 3 is 2.20 bits per heavy atom. The number of hydrogen-bond donors (Lipinski definition) is 2. The van der Waals surface area contributed by atoms with E-state index in [1.807, 2.05) is 53.8 Å². The third kappa shape index (κ3) is 5.41. The van der Waals surface area contributed by atoms with E-state index in [1.165, 1.54) is 0 Å². The van der Waals surface area contributed by atoms with Crippen LogP contribution in [0.25, 0.3) is 11.1 Å². The second-order valence-electron chi connectivity index (χ2n) is 8.72. The van der Waals surface area contributed by atoms with Crippen LogP contribution in [0.5, 0.6) is 0 Å². The molecule has 7 nitrogen and oxygen atoms in total. The fourth-order valence-electron chi connectivity index (χ4n) is 4.87. The van der Waals surface area contributed by atoms with Gasteiger partial charge < -0.3 is 20.1 Å². The van der Waals surface area contributed by atoms with Crippen LogP contribution in [0, 0.1) is 0 Å². The standard InChI is InChI=1S/C25H25F3N2O5/c26-25(27,28)13-20(22(31)30-12-6-5-11-21(30)23(32)33)29-24(34)35-14-19-17-9-3-1-7-15(17)16-8-2-4-10-18(16)19/h1-4,7-10,19-21H,5-6,11-14H2,(H,29,34)(H,32,33)/t20?,21-/m1/s1. The molecule has 2 aromatic carbocycles. The predicted molar refractivity (Wildman–Crippen MR) is 120 cm³/mol. The first-order valence-electron chi connectivity index (χ1n) is 11.4. The molecule has 0 aromatic heterocycles. The van der Waals surface area contributed by atoms with Crippen LogP contribution >= 0.6 is 0 Å². The average Bonchev–Trinajstić information content (AvgIpc) is 3.14. The summed E-state index contributed by atoms with van der Waals surface area (Å²) in [7, 11) is 0. The number of carbonyl (C=O) groups excluding carboxylic acids is 2. The lowest BCUT2D eigenvalue weighted by Crippen LogP contribution is -2.56. The third-order valence-electron chi connectivity index (χ3n) is 6.44. The number of carboxylic acid groups (broad SMARTS) is 1. The van der Waals surface area contributed by atoms with Gasteiger partial charge in [0.05, 0.1) is 6.42 Å². The Morgan fingerprint density at radius 2 is 1.63 bits per heavy atom. The van der Waals surface area contributed by atoms with Gasteiger partial charge in [-0.2, -0.15) is 13.2 Å². The molecule has 2 N–H and O–H groups in total. The molecule has 2 aliphatic rings. The molecular formula is C25H25F3N2O5. The van der Waals surface area contributed by atoms with Crippen molar-refractivity contribution in [1.82, 2.24) is 10.2 Å². The Balaban J connectivity index is 1.47. The molecule has 1 heterocycles. The van der Waals surface area contributed by atoms with Crippen molar-refractivity contribution < 1.29 is 37.4 Å². The van der Waals surface area contributed by atoms with Crippen molar-refractivity contribution in [2.24, 2.45) is 0 Å². The van der Waals surface area contributed by atoms with Crippen LogP contribution in [0.4, 0.5) is 18.0 Å². The zero-order valence-electron chi connectivity index (χ0n) is 18.8. The number of amides is 2. The first-order valence-corrected chi connectivity index (χ1v) is 11.4. The number of likely N-dealkylation sites (tertiary alicyclic amines) is 1. The zero-order chi connectivity index (χ0) is 25.2. The summed E-state index contributed by atoms with van der Waals surface area (Å²) in [6, 6.07) is 12.0. The molecule has 1 unspecified atom stereocenters. The minimum atomic E-state index is -4.76. The average molecular weight is 490 g/mol. The molecule has 1 aliphatic carbocycles. The molecule has 2 atom stereocenters. The molecule has 0 saturated carbocycles. The lowest BCUT2D eigenvalue weighted by atomic mass is 9.98. The van der Waals surface area contributed by atoms with Crippen molar-refractivity contribution in [3.05, 3.63) is 59.7 Å². The minimum absolute atomic E-state index is 0.0104. The van der Waals surface area contributed by atoms with Crippen LogP contribution in [0.1, 0.15) is 42.7 Å². The van der Waals surface area contributed by atoms with E-state index in [4.69, 9.17) is 4.74 Å². The smallest absolute Gasteiger partial charge is 0.407 e. The quantitative estimate of drug-likeness (QED) is 0.629. The zero-order valence-corrected chi connectivity index (χ0v) is 18.8. The fraction of sp³-hybridized carbons (Fsp3) is 0.400. The largest absolute Gasteiger partial charge is 0.480 e. The number of alkyl halides is 3. The summed E-state index contributed by atoms with van der Waals surface area (Å²) >= 11 is 0. The molecule has 1 aliphatic heterocycles. The highest BCUT2D eigenvalue weighted by atomic mass is 19.4. The second kappa shape index (κ2) is 9.97. The Kier molecular flexibility index (Phi) is 7.00. The van der Waals surface area contributed by atoms with Crippen LogP contribution in [0.2, 0.25) is 0 Å². The van der Waals surface area contributed by atoms with Crippen molar-refractivity contribution in [1.29, 1.82) is 0 Å². The number of aliphatic carboxylic acids is 1. The monoisotopic (exact) mass is 490 g/mol. The Hall–Kier alpha value is -3.56. The van der Waals surface area contributed by atoms with E-state index in [-0.39, 0.29) is 25.5 Å². The summed E-state index contributed by atoms with van der Waals surface area (Å²) in [4.78, 5) is 37.9. The van der Waals surface area contributed by atoms with E-state index in [9.17, 15) is 32.7 Å². The Labute approximate surface area is 199 Å². The molecular weight excluding hydrogens is 465 g/mol. The summed E-state index contributed by atoms with van der Waals surface area (Å²) in [6.07, 6.45) is -6.39. The Morgan fingerprint density at radius 1 is 1.03 bits per heavy atom. The topological polar surface area (TPSA) is 95.9 Å². The summed E-state index contributed by atoms with van der Waals surface area (Å²) in [5.74, 6) is -2.67. The number of carboxylic acids is 1. The number of nitrogens with zero attached hydrogens (tertiary/aromatic N) is 1. The number of hydrogen-bond acceptors (Lipinski definition) is 4. The number of rotatable bonds is 6. The number of ether oxygens (including phenoxy) is 1. The first kappa shape index (κ1) is 24.6. The van der Waals surface area contributed by atoms with Crippen molar-refractivity contribution in [2.45, 2.75) is 49.9 Å². The van der Waals surface area contributed by atoms with Crippen LogP contribution in [0.15, 0.2) is 48.5 Å². The summed E-state index contributed by atoms with van der Waals surface area (Å²) in [5.41, 5.74) is 3.85. The highest BCUT2D eigenvalue weighted by Crippen LogP contribution is 2.44. The van der Waals surface area contributed by atoms with Crippen molar-refractivity contribution in [3.63, 3.8) is 0 Å². The lowest BCUT2D eigenvalue weighted by Gasteiger charge is -2.35. The van der Waals surface area contributed by atoms with Gasteiger partial charge in [-0.15, -0.1) is 0 Å². The van der Waals surface area contributed by atoms with Crippen molar-refractivity contribution in [2.75, 3.05) is 13.2 Å². The van der Waals surface area contributed by atoms with Crippen LogP contribution in [0.3, 0.4) is 0 Å². The van der Waals surface area contributed by atoms with Gasteiger partial charge in [-0.05, 0) is 41.5 Å². The molecule has 0 spiro atoms. The number of carbonyl (C=O) groups is 3. The van der Waals surface area contributed by atoms with Crippen LogP contribution in [-0.2, 0) is 14.3 Å². The number of benzene rings is 2. The fourth-order valence-corrected chi connectivity index (χ4v) is 4.87. The van der Waals surface area contributed by atoms with Gasteiger partial charge >= 0.3 is 18.2 Å². The van der Waals surface area contributed by atoms with E-state index in [2.05, 4.69) is 0 Å². The summed E-state index contributed by atoms with van der Waals surface area (Å²) < 4.78 is 45.0. The molecule has 4 rings (SSSR count). The number of alkyl carbamates (subject to hydrolysis) is 1. The maximum absolute atomic E-state index is 13.2. The van der Waals surface area contributed by atoms with Gasteiger partial charge in [0.1, 0.15) is 18.7 Å². The highest BCUT2D eigenvalue weighted by Gasteiger charge is 2.42. The number of nitrogens with one attached hydrogen (secondary N) is 1. The lowest BCUT2D eigenvalue weighted by molar-refractivity contribution is -0.160. The van der Waals surface area contributed by atoms with E-state index in [0.717, 1.165) is 27.2 Å². The molecule has 35 heavy (non-hydrogen) atoms. The van der Waals surface area contributed by atoms with Crippen LogP contribution in [-0.4, -0.2) is 59.4 Å². The van der Waals surface area contributed by atoms with Gasteiger partial charge in [0, 0.05) is 12.5 Å². The van der Waals surface area contributed by atoms with Gasteiger partial charge in [-0.25, -0.2) is 9.59 Å². The molecule has 1 saturated heterocycles. The molecule has 186 valence electrons. The summed E-state index contributed by atoms with van der Waals surface area (Å²) in [6.45, 7) is -0.120. The molecule has 10 heteroatoms. The van der Waals surface area contributed by atoms with Crippen molar-refractivity contribution >= 4 is 18.0 Å². The van der Waals surface area contributed by atoms with Gasteiger partial charge in [0.15, 0.2) is 0 Å². The highest BCUT2D eigenvalue weighted by molar-refractivity contribution is 5.89. The maximum atomic E-state index is 13.2. The number of halogens is 3. The predicted octanol–water partition coefficient (Wildman–Crippen LogP) is 4.31. The van der Waals surface area contributed by atoms with E-state index >= 15 is 0 Å². The molecule has 2 amide bonds. The first-order chi connectivity index (χ1) is 16.7. The van der Waals surface area contributed by atoms with Gasteiger partial charge in [0.25, 0.3) is 0 Å². The maximum Gasteiger partial charge on any atom is 0.407 e. The Bertz CT molecular complexity index is 1070. The second-order valence-corrected chi connectivity index (χ2v) is 8.72. The third-order valence-corrected chi connectivity index (χ3v) is 6.44. The normalized spacial score (nSPS) is 18.4. The minimum Gasteiger partial charge on any atom is -0.480 e. The van der Waals surface area contributed by atoms with Gasteiger partial charge in [-0.3, -0.25) is 4.79 Å². The SMILES string of the molecule is O=C(NC(CC(F)(F)F)C(=O)N1CCCC[C@@H]1C(=O)O)OCC1c2ccccc2-c2ccccc21. The van der Waals surface area contributed by atoms with Crippen molar-refractivity contribution in [3.8, 4) is 11.1 Å². The van der Waals surface area contributed by atoms with E-state index in [1.54, 1.807) is 0 Å². The molecule has 0 bridgehead atoms. The van der Waals surface area contributed by atoms with E-state index < -0.39 is 42.7 Å². The number of fused-ring (bicyclic) bond motifs is 3. The van der Waals surface area contributed by atoms with Gasteiger partial charge in [-0.1, -0.05) is 48.5 Å². The number of piperidine rings is 1. The summed E-state index contributed by atoms with van der Waals surface area (Å²) in [5, 5.41) is 11.4. The van der Waals surface area contributed by atoms with Crippen LogP contribution < -0.4 is 5.32 Å². The van der Waals surface area contributed by atoms with Gasteiger partial charge in [0.2, 0.25) is 5.91 Å².